The molecule has 0 unspecified atom stereocenters. The molecule has 1 N–H and O–H groups in total. The number of anilines is 1. The molecule has 0 saturated carbocycles. The van der Waals surface area contributed by atoms with E-state index in [1.807, 2.05) is 6.92 Å². The van der Waals surface area contributed by atoms with Crippen molar-refractivity contribution < 1.29 is 13.2 Å². The number of aryl methyl sites for hydroxylation is 1. The summed E-state index contributed by atoms with van der Waals surface area (Å²) < 4.78 is 32.0. The van der Waals surface area contributed by atoms with Gasteiger partial charge in [0.05, 0.1) is 17.2 Å². The summed E-state index contributed by atoms with van der Waals surface area (Å²) in [6.07, 6.45) is 0. The third-order valence-electron chi connectivity index (χ3n) is 2.79. The van der Waals surface area contributed by atoms with Gasteiger partial charge in [-0.15, -0.1) is 0 Å². The number of ether oxygens (including phenoxy) is 1. The molecule has 0 spiro atoms. The SMILES string of the molecule is COCc1cccc(NS(=O)(=O)c2ccc(C)c(Cl)c2)n1. The first kappa shape index (κ1) is 15.8. The van der Waals surface area contributed by atoms with E-state index >= 15 is 0 Å². The lowest BCUT2D eigenvalue weighted by Gasteiger charge is -2.09. The number of pyridine rings is 1. The van der Waals surface area contributed by atoms with Gasteiger partial charge in [-0.05, 0) is 36.8 Å². The number of sulfonamides is 1. The maximum absolute atomic E-state index is 12.3. The van der Waals surface area contributed by atoms with Crippen molar-refractivity contribution in [2.75, 3.05) is 11.8 Å². The normalized spacial score (nSPS) is 11.4. The number of hydrogen-bond acceptors (Lipinski definition) is 4. The topological polar surface area (TPSA) is 68.3 Å². The monoisotopic (exact) mass is 326 g/mol. The zero-order valence-corrected chi connectivity index (χ0v) is 13.2. The van der Waals surface area contributed by atoms with Gasteiger partial charge in [-0.25, -0.2) is 13.4 Å². The number of nitrogens with zero attached hydrogens (tertiary/aromatic N) is 1. The lowest BCUT2D eigenvalue weighted by atomic mass is 10.2. The third-order valence-corrected chi connectivity index (χ3v) is 4.55. The van der Waals surface area contributed by atoms with Crippen LogP contribution in [-0.2, 0) is 21.4 Å². The molecule has 0 bridgehead atoms. The molecule has 0 aliphatic rings. The summed E-state index contributed by atoms with van der Waals surface area (Å²) >= 11 is 5.96. The molecule has 0 saturated heterocycles. The second kappa shape index (κ2) is 6.43. The van der Waals surface area contributed by atoms with Crippen LogP contribution in [0.1, 0.15) is 11.3 Å². The Morgan fingerprint density at radius 1 is 1.29 bits per heavy atom. The second-order valence-electron chi connectivity index (χ2n) is 4.46. The van der Waals surface area contributed by atoms with Crippen LogP contribution in [0, 0.1) is 6.92 Å². The lowest BCUT2D eigenvalue weighted by Crippen LogP contribution is -2.14. The second-order valence-corrected chi connectivity index (χ2v) is 6.55. The largest absolute Gasteiger partial charge is 0.378 e. The Morgan fingerprint density at radius 2 is 2.05 bits per heavy atom. The van der Waals surface area contributed by atoms with Crippen molar-refractivity contribution in [1.29, 1.82) is 0 Å². The molecule has 0 aliphatic carbocycles. The van der Waals surface area contributed by atoms with Gasteiger partial charge in [-0.2, -0.15) is 0 Å². The molecular formula is C14H15ClN2O3S. The van der Waals surface area contributed by atoms with Crippen LogP contribution >= 0.6 is 11.6 Å². The molecule has 1 aromatic heterocycles. The van der Waals surface area contributed by atoms with Crippen molar-refractivity contribution in [2.24, 2.45) is 0 Å². The Kier molecular flexibility index (Phi) is 4.82. The summed E-state index contributed by atoms with van der Waals surface area (Å²) in [7, 11) is -2.17. The molecule has 112 valence electrons. The molecule has 2 rings (SSSR count). The minimum absolute atomic E-state index is 0.0945. The van der Waals surface area contributed by atoms with E-state index in [1.54, 1.807) is 31.4 Å². The van der Waals surface area contributed by atoms with E-state index < -0.39 is 10.0 Å². The number of benzene rings is 1. The van der Waals surface area contributed by atoms with Crippen LogP contribution in [0.4, 0.5) is 5.82 Å². The van der Waals surface area contributed by atoms with Crippen molar-refractivity contribution in [3.8, 4) is 0 Å². The smallest absolute Gasteiger partial charge is 0.263 e. The summed E-state index contributed by atoms with van der Waals surface area (Å²) in [4.78, 5) is 4.26. The Labute approximate surface area is 129 Å². The fraction of sp³-hybridized carbons (Fsp3) is 0.214. The van der Waals surface area contributed by atoms with Crippen molar-refractivity contribution in [1.82, 2.24) is 4.98 Å². The highest BCUT2D eigenvalue weighted by Gasteiger charge is 2.16. The highest BCUT2D eigenvalue weighted by Crippen LogP contribution is 2.21. The maximum Gasteiger partial charge on any atom is 0.263 e. The zero-order chi connectivity index (χ0) is 15.5. The molecule has 1 heterocycles. The molecule has 21 heavy (non-hydrogen) atoms. The summed E-state index contributed by atoms with van der Waals surface area (Å²) in [5.41, 5.74) is 1.45. The fourth-order valence-corrected chi connectivity index (χ4v) is 2.97. The van der Waals surface area contributed by atoms with Crippen LogP contribution in [0.3, 0.4) is 0 Å². The molecule has 0 radical (unpaired) electrons. The van der Waals surface area contributed by atoms with Crippen LogP contribution in [0.2, 0.25) is 5.02 Å². The minimum Gasteiger partial charge on any atom is -0.378 e. The molecule has 1 aromatic carbocycles. The molecule has 0 fully saturated rings. The first-order chi connectivity index (χ1) is 9.92. The Morgan fingerprint density at radius 3 is 2.71 bits per heavy atom. The van der Waals surface area contributed by atoms with Gasteiger partial charge in [-0.3, -0.25) is 4.72 Å². The Balaban J connectivity index is 2.28. The van der Waals surface area contributed by atoms with Crippen molar-refractivity contribution in [2.45, 2.75) is 18.4 Å². The summed E-state index contributed by atoms with van der Waals surface area (Å²) in [5.74, 6) is 0.237. The Hall–Kier alpha value is -1.63. The van der Waals surface area contributed by atoms with Gasteiger partial charge in [0.25, 0.3) is 10.0 Å². The van der Waals surface area contributed by atoms with Gasteiger partial charge in [0.15, 0.2) is 0 Å². The van der Waals surface area contributed by atoms with Gasteiger partial charge in [-0.1, -0.05) is 23.7 Å². The van der Waals surface area contributed by atoms with Gasteiger partial charge >= 0.3 is 0 Å². The van der Waals surface area contributed by atoms with E-state index in [2.05, 4.69) is 9.71 Å². The van der Waals surface area contributed by atoms with Gasteiger partial charge < -0.3 is 4.74 Å². The fourth-order valence-electron chi connectivity index (χ4n) is 1.70. The van der Waals surface area contributed by atoms with Crippen LogP contribution in [-0.4, -0.2) is 20.5 Å². The average molecular weight is 327 g/mol. The predicted octanol–water partition coefficient (Wildman–Crippen LogP) is 2.99. The molecular weight excluding hydrogens is 312 g/mol. The lowest BCUT2D eigenvalue weighted by molar-refractivity contribution is 0.181. The number of rotatable bonds is 5. The van der Waals surface area contributed by atoms with E-state index in [4.69, 9.17) is 16.3 Å². The summed E-state index contributed by atoms with van der Waals surface area (Å²) in [5, 5.41) is 0.402. The number of nitrogens with one attached hydrogen (secondary N) is 1. The van der Waals surface area contributed by atoms with Crippen molar-refractivity contribution in [3.05, 3.63) is 52.7 Å². The molecule has 2 aromatic rings. The summed E-state index contributed by atoms with van der Waals surface area (Å²) in [6.45, 7) is 2.12. The van der Waals surface area contributed by atoms with Gasteiger partial charge in [0.2, 0.25) is 0 Å². The number of methoxy groups -OCH3 is 1. The molecule has 0 atom stereocenters. The van der Waals surface area contributed by atoms with E-state index in [1.165, 1.54) is 12.1 Å². The number of halogens is 1. The quantitative estimate of drug-likeness (QED) is 0.917. The predicted molar refractivity (Wildman–Crippen MR) is 81.9 cm³/mol. The van der Waals surface area contributed by atoms with E-state index in [-0.39, 0.29) is 10.7 Å². The maximum atomic E-state index is 12.3. The highest BCUT2D eigenvalue weighted by atomic mass is 35.5. The first-order valence-electron chi connectivity index (χ1n) is 6.16. The van der Waals surface area contributed by atoms with E-state index in [0.29, 0.717) is 17.3 Å². The molecule has 0 amide bonds. The zero-order valence-electron chi connectivity index (χ0n) is 11.6. The average Bonchev–Trinajstić information content (AvgIpc) is 2.42. The van der Waals surface area contributed by atoms with E-state index in [0.717, 1.165) is 5.56 Å². The summed E-state index contributed by atoms with van der Waals surface area (Å²) in [6, 6.07) is 9.62. The van der Waals surface area contributed by atoms with Crippen LogP contribution < -0.4 is 4.72 Å². The van der Waals surface area contributed by atoms with Crippen LogP contribution in [0.25, 0.3) is 0 Å². The van der Waals surface area contributed by atoms with E-state index in [9.17, 15) is 8.42 Å². The molecule has 5 nitrogen and oxygen atoms in total. The standard InChI is InChI=1S/C14H15ClN2O3S/c1-10-6-7-12(8-13(10)15)21(18,19)17-14-5-3-4-11(16-14)9-20-2/h3-8H,9H2,1-2H3,(H,16,17). The molecule has 0 aliphatic heterocycles. The molecule has 7 heteroatoms. The van der Waals surface area contributed by atoms with Crippen molar-refractivity contribution in [3.63, 3.8) is 0 Å². The van der Waals surface area contributed by atoms with Crippen LogP contribution in [0.15, 0.2) is 41.3 Å². The number of hydrogen-bond donors (Lipinski definition) is 1. The Bertz CT molecular complexity index is 748. The number of aromatic nitrogens is 1. The highest BCUT2D eigenvalue weighted by molar-refractivity contribution is 7.92. The van der Waals surface area contributed by atoms with Gasteiger partial charge in [0, 0.05) is 12.1 Å². The van der Waals surface area contributed by atoms with Crippen molar-refractivity contribution >= 4 is 27.4 Å². The first-order valence-corrected chi connectivity index (χ1v) is 8.02. The van der Waals surface area contributed by atoms with Gasteiger partial charge in [0.1, 0.15) is 5.82 Å². The minimum atomic E-state index is -3.72. The third kappa shape index (κ3) is 3.93. The van der Waals surface area contributed by atoms with Crippen LogP contribution in [0.5, 0.6) is 0 Å².